The van der Waals surface area contributed by atoms with Crippen LogP contribution < -0.4 is 14.5 Å². The van der Waals surface area contributed by atoms with Gasteiger partial charge in [-0.1, -0.05) is 19.3 Å². The number of piperidine rings is 1. The van der Waals surface area contributed by atoms with Gasteiger partial charge in [0.2, 0.25) is 11.8 Å². The second-order valence-electron chi connectivity index (χ2n) is 9.61. The Morgan fingerprint density at radius 1 is 1.06 bits per heavy atom. The Hall–Kier alpha value is -3.42. The largest absolute Gasteiger partial charge is 0.481 e. The number of esters is 1. The number of rotatable bonds is 8. The third-order valence-corrected chi connectivity index (χ3v) is 7.24. The summed E-state index contributed by atoms with van der Waals surface area (Å²) in [4.78, 5) is 38.3. The predicted octanol–water partition coefficient (Wildman–Crippen LogP) is 4.50. The summed E-state index contributed by atoms with van der Waals surface area (Å²) >= 11 is 0. The fraction of sp³-hybridized carbons (Fsp3) is 0.500. The quantitative estimate of drug-likeness (QED) is 0.396. The number of pyridine rings is 2. The van der Waals surface area contributed by atoms with Crippen molar-refractivity contribution in [1.29, 1.82) is 0 Å². The third-order valence-electron chi connectivity index (χ3n) is 7.24. The molecule has 0 radical (unpaired) electrons. The summed E-state index contributed by atoms with van der Waals surface area (Å²) in [5.41, 5.74) is 2.65. The van der Waals surface area contributed by atoms with Crippen LogP contribution in [0.3, 0.4) is 0 Å². The molecule has 4 rings (SSSR count). The van der Waals surface area contributed by atoms with E-state index in [1.165, 1.54) is 19.6 Å². The van der Waals surface area contributed by atoms with Crippen LogP contribution in [0, 0.1) is 11.8 Å². The normalized spacial score (nSPS) is 17.2. The molecular formula is C28H36N4O4. The van der Waals surface area contributed by atoms with Gasteiger partial charge in [0, 0.05) is 43.9 Å². The van der Waals surface area contributed by atoms with Gasteiger partial charge in [-0.25, -0.2) is 9.78 Å². The van der Waals surface area contributed by atoms with Crippen LogP contribution in [-0.4, -0.2) is 55.7 Å². The second-order valence-corrected chi connectivity index (χ2v) is 9.61. The van der Waals surface area contributed by atoms with E-state index in [2.05, 4.69) is 14.9 Å². The summed E-state index contributed by atoms with van der Waals surface area (Å²) < 4.78 is 9.87. The highest BCUT2D eigenvalue weighted by atomic mass is 16.5. The van der Waals surface area contributed by atoms with Crippen LogP contribution in [-0.2, 0) is 14.3 Å². The summed E-state index contributed by atoms with van der Waals surface area (Å²) in [5, 5.41) is 0. The number of carbonyl (C=O) groups excluding carboxylic acids is 2. The smallest absolute Gasteiger partial charge is 0.330 e. The van der Waals surface area contributed by atoms with Crippen LogP contribution in [0.15, 0.2) is 42.9 Å². The van der Waals surface area contributed by atoms with Crippen molar-refractivity contribution in [2.75, 3.05) is 43.7 Å². The van der Waals surface area contributed by atoms with Gasteiger partial charge in [0.25, 0.3) is 0 Å². The molecule has 0 bridgehead atoms. The average molecular weight is 493 g/mol. The molecule has 0 atom stereocenters. The van der Waals surface area contributed by atoms with E-state index in [-0.39, 0.29) is 11.8 Å². The summed E-state index contributed by atoms with van der Waals surface area (Å²) in [7, 11) is 2.97. The highest BCUT2D eigenvalue weighted by Gasteiger charge is 2.30. The van der Waals surface area contributed by atoms with Crippen LogP contribution in [0.25, 0.3) is 6.08 Å². The Morgan fingerprint density at radius 3 is 2.50 bits per heavy atom. The number of hydrogen-bond acceptors (Lipinski definition) is 7. The molecule has 2 aliphatic rings. The van der Waals surface area contributed by atoms with Crippen LogP contribution in [0.2, 0.25) is 0 Å². The van der Waals surface area contributed by atoms with Gasteiger partial charge >= 0.3 is 5.97 Å². The van der Waals surface area contributed by atoms with E-state index in [1.807, 2.05) is 29.3 Å². The monoisotopic (exact) mass is 492 g/mol. The molecule has 192 valence electrons. The first-order valence-corrected chi connectivity index (χ1v) is 12.8. The van der Waals surface area contributed by atoms with Crippen molar-refractivity contribution >= 4 is 29.3 Å². The molecule has 0 N–H and O–H groups in total. The number of carbonyl (C=O) groups is 2. The number of methoxy groups -OCH3 is 2. The van der Waals surface area contributed by atoms with E-state index in [1.54, 1.807) is 25.6 Å². The lowest BCUT2D eigenvalue weighted by molar-refractivity contribution is -0.134. The minimum Gasteiger partial charge on any atom is -0.481 e. The van der Waals surface area contributed by atoms with Crippen molar-refractivity contribution < 1.29 is 19.1 Å². The molecule has 36 heavy (non-hydrogen) atoms. The fourth-order valence-electron chi connectivity index (χ4n) is 5.12. The van der Waals surface area contributed by atoms with E-state index >= 15 is 0 Å². The molecule has 0 spiro atoms. The average Bonchev–Trinajstić information content (AvgIpc) is 2.95. The number of aromatic nitrogens is 2. The molecule has 1 amide bonds. The van der Waals surface area contributed by atoms with Crippen LogP contribution in [0.5, 0.6) is 5.88 Å². The molecule has 1 saturated carbocycles. The number of anilines is 2. The Labute approximate surface area is 213 Å². The van der Waals surface area contributed by atoms with Crippen molar-refractivity contribution in [3.8, 4) is 5.88 Å². The van der Waals surface area contributed by atoms with Gasteiger partial charge in [0.15, 0.2) is 0 Å². The van der Waals surface area contributed by atoms with E-state index in [0.717, 1.165) is 68.6 Å². The molecule has 0 aromatic carbocycles. The molecule has 2 aromatic rings. The van der Waals surface area contributed by atoms with Gasteiger partial charge in [0.05, 0.1) is 38.0 Å². The predicted molar refractivity (Wildman–Crippen MR) is 140 cm³/mol. The maximum atomic E-state index is 13.7. The van der Waals surface area contributed by atoms with E-state index in [0.29, 0.717) is 18.3 Å². The molecule has 1 saturated heterocycles. The Kier molecular flexibility index (Phi) is 8.92. The molecule has 8 nitrogen and oxygen atoms in total. The zero-order valence-electron chi connectivity index (χ0n) is 21.3. The number of hydrogen-bond donors (Lipinski definition) is 0. The van der Waals surface area contributed by atoms with Crippen molar-refractivity contribution in [2.45, 2.75) is 44.9 Å². The number of nitrogens with zero attached hydrogens (tertiary/aromatic N) is 4. The van der Waals surface area contributed by atoms with E-state index < -0.39 is 5.97 Å². The van der Waals surface area contributed by atoms with Crippen molar-refractivity contribution in [3.05, 3.63) is 48.4 Å². The molecule has 1 aliphatic carbocycles. The van der Waals surface area contributed by atoms with Crippen LogP contribution in [0.4, 0.5) is 11.4 Å². The van der Waals surface area contributed by atoms with Gasteiger partial charge in [-0.3, -0.25) is 9.78 Å². The molecular weight excluding hydrogens is 456 g/mol. The summed E-state index contributed by atoms with van der Waals surface area (Å²) in [5.74, 6) is 0.859. The maximum Gasteiger partial charge on any atom is 0.330 e. The zero-order valence-corrected chi connectivity index (χ0v) is 21.3. The first-order valence-electron chi connectivity index (χ1n) is 12.8. The van der Waals surface area contributed by atoms with Crippen molar-refractivity contribution in [3.63, 3.8) is 0 Å². The number of ether oxygens (including phenoxy) is 2. The Balaban J connectivity index is 1.47. The molecule has 8 heteroatoms. The molecule has 0 unspecified atom stereocenters. The number of amides is 1. The molecule has 2 fully saturated rings. The second kappa shape index (κ2) is 12.5. The highest BCUT2D eigenvalue weighted by molar-refractivity contribution is 5.95. The first-order chi connectivity index (χ1) is 17.6. The van der Waals surface area contributed by atoms with Gasteiger partial charge < -0.3 is 19.3 Å². The van der Waals surface area contributed by atoms with E-state index in [9.17, 15) is 9.59 Å². The standard InChI is InChI=1S/C28H36N4O4/c1-35-26-10-9-24(19-30-26)31-14-12-21(13-15-31)20-32(28(34)23-6-4-3-5-7-23)25-16-22(17-29-18-25)8-11-27(33)36-2/h8-11,16-19,21,23H,3-7,12-15,20H2,1-2H3/b11-8+. The van der Waals surface area contributed by atoms with Gasteiger partial charge in [-0.05, 0) is 55.4 Å². The SMILES string of the molecule is COC(=O)/C=C/c1cncc(N(CC2CCN(c3ccc(OC)nc3)CC2)C(=O)C2CCCCC2)c1. The summed E-state index contributed by atoms with van der Waals surface area (Å²) in [6, 6.07) is 5.87. The maximum absolute atomic E-state index is 13.7. The summed E-state index contributed by atoms with van der Waals surface area (Å²) in [6.07, 6.45) is 15.7. The fourth-order valence-corrected chi connectivity index (χ4v) is 5.12. The van der Waals surface area contributed by atoms with Crippen molar-refractivity contribution in [2.24, 2.45) is 11.8 Å². The minimum atomic E-state index is -0.422. The lowest BCUT2D eigenvalue weighted by atomic mass is 9.87. The van der Waals surface area contributed by atoms with Gasteiger partial charge in [0.1, 0.15) is 0 Å². The molecule has 3 heterocycles. The van der Waals surface area contributed by atoms with Gasteiger partial charge in [-0.2, -0.15) is 0 Å². The van der Waals surface area contributed by atoms with Crippen LogP contribution >= 0.6 is 0 Å². The van der Waals surface area contributed by atoms with E-state index in [4.69, 9.17) is 9.47 Å². The molecule has 1 aliphatic heterocycles. The van der Waals surface area contributed by atoms with Gasteiger partial charge in [-0.15, -0.1) is 0 Å². The minimum absolute atomic E-state index is 0.0680. The van der Waals surface area contributed by atoms with Crippen molar-refractivity contribution in [1.82, 2.24) is 9.97 Å². The lowest BCUT2D eigenvalue weighted by Crippen LogP contribution is -2.43. The Bertz CT molecular complexity index is 1040. The topological polar surface area (TPSA) is 84.9 Å². The molecule has 2 aromatic heterocycles. The Morgan fingerprint density at radius 2 is 1.83 bits per heavy atom. The third kappa shape index (κ3) is 6.62. The summed E-state index contributed by atoms with van der Waals surface area (Å²) in [6.45, 7) is 2.52. The van der Waals surface area contributed by atoms with Crippen LogP contribution in [0.1, 0.15) is 50.5 Å². The highest BCUT2D eigenvalue weighted by Crippen LogP contribution is 2.31. The lowest BCUT2D eigenvalue weighted by Gasteiger charge is -2.37. The first kappa shape index (κ1) is 25.7. The zero-order chi connectivity index (χ0) is 25.3.